The Morgan fingerprint density at radius 1 is 1.10 bits per heavy atom. The van der Waals surface area contributed by atoms with Gasteiger partial charge in [-0.2, -0.15) is 0 Å². The third-order valence-electron chi connectivity index (χ3n) is 6.22. The minimum atomic E-state index is -0.327. The number of carbonyl (C=O) groups is 2. The number of amides is 2. The van der Waals surface area contributed by atoms with E-state index in [9.17, 15) is 9.59 Å². The topological polar surface area (TPSA) is 117 Å². The van der Waals surface area contributed by atoms with Crippen molar-refractivity contribution in [1.82, 2.24) is 19.5 Å². The lowest BCUT2D eigenvalue weighted by Crippen LogP contribution is -2.29. The summed E-state index contributed by atoms with van der Waals surface area (Å²) in [6.07, 6.45) is 4.72. The first-order chi connectivity index (χ1) is 19.2. The van der Waals surface area contributed by atoms with Crippen molar-refractivity contribution in [2.24, 2.45) is 0 Å². The SMILES string of the molecule is C=CC(=O)Nc1cc(Nc2nccc(-c3cn(NC(C)=O)c4ccccc34)n2)c(OC)cc1N(C)CCN(C)C. The van der Waals surface area contributed by atoms with Crippen molar-refractivity contribution >= 4 is 45.7 Å². The molecule has 0 saturated heterocycles. The van der Waals surface area contributed by atoms with Crippen LogP contribution < -0.4 is 25.7 Å². The quantitative estimate of drug-likeness (QED) is 0.243. The number of hydrogen-bond donors (Lipinski definition) is 3. The van der Waals surface area contributed by atoms with Gasteiger partial charge >= 0.3 is 0 Å². The zero-order valence-electron chi connectivity index (χ0n) is 23.4. The highest BCUT2D eigenvalue weighted by Gasteiger charge is 2.17. The Morgan fingerprint density at radius 2 is 1.88 bits per heavy atom. The summed E-state index contributed by atoms with van der Waals surface area (Å²) in [5.74, 6) is 0.383. The van der Waals surface area contributed by atoms with E-state index >= 15 is 0 Å². The van der Waals surface area contributed by atoms with Crippen LogP contribution in [-0.4, -0.2) is 72.7 Å². The van der Waals surface area contributed by atoms with Crippen molar-refractivity contribution in [2.75, 3.05) is 62.3 Å². The number of ether oxygens (including phenoxy) is 1. The average Bonchev–Trinajstić information content (AvgIpc) is 3.29. The van der Waals surface area contributed by atoms with Gasteiger partial charge in [0, 0.05) is 56.5 Å². The van der Waals surface area contributed by atoms with Gasteiger partial charge in [0.05, 0.1) is 35.4 Å². The molecule has 0 bridgehead atoms. The van der Waals surface area contributed by atoms with Gasteiger partial charge in [-0.05, 0) is 38.4 Å². The number of hydrogen-bond acceptors (Lipinski definition) is 8. The lowest BCUT2D eigenvalue weighted by atomic mass is 10.1. The van der Waals surface area contributed by atoms with Crippen LogP contribution in [0.2, 0.25) is 0 Å². The Morgan fingerprint density at radius 3 is 2.58 bits per heavy atom. The molecule has 0 unspecified atom stereocenters. The number of benzene rings is 2. The van der Waals surface area contributed by atoms with Crippen LogP contribution in [0, 0.1) is 0 Å². The largest absolute Gasteiger partial charge is 0.494 e. The minimum Gasteiger partial charge on any atom is -0.494 e. The van der Waals surface area contributed by atoms with Gasteiger partial charge in [0.25, 0.3) is 0 Å². The molecule has 0 fully saturated rings. The second-order valence-electron chi connectivity index (χ2n) is 9.48. The number of rotatable bonds is 11. The van der Waals surface area contributed by atoms with E-state index in [1.165, 1.54) is 13.0 Å². The van der Waals surface area contributed by atoms with Crippen LogP contribution in [0.3, 0.4) is 0 Å². The molecule has 0 saturated carbocycles. The van der Waals surface area contributed by atoms with Crippen LogP contribution >= 0.6 is 0 Å². The second kappa shape index (κ2) is 12.3. The van der Waals surface area contributed by atoms with Gasteiger partial charge in [-0.25, -0.2) is 9.97 Å². The van der Waals surface area contributed by atoms with Gasteiger partial charge in [0.15, 0.2) is 0 Å². The highest BCUT2D eigenvalue weighted by Crippen LogP contribution is 2.38. The van der Waals surface area contributed by atoms with E-state index in [0.29, 0.717) is 28.8 Å². The van der Waals surface area contributed by atoms with Crippen molar-refractivity contribution < 1.29 is 14.3 Å². The standard InChI is InChI=1S/C29H34N8O3/c1-7-28(39)31-23-16-24(27(40-6)17-26(23)36(5)15-14-35(3)4)33-29-30-13-12-22(32-29)21-18-37(34-19(2)38)25-11-9-8-10-20(21)25/h7-13,16-18H,1,14-15H2,2-6H3,(H,31,39)(H,34,38)(H,30,32,33). The summed E-state index contributed by atoms with van der Waals surface area (Å²) in [4.78, 5) is 37.3. The van der Waals surface area contributed by atoms with E-state index in [2.05, 4.69) is 32.5 Å². The van der Waals surface area contributed by atoms with Crippen molar-refractivity contribution in [1.29, 1.82) is 0 Å². The Labute approximate surface area is 233 Å². The zero-order valence-corrected chi connectivity index (χ0v) is 23.4. The zero-order chi connectivity index (χ0) is 28.8. The maximum absolute atomic E-state index is 12.3. The number of carbonyl (C=O) groups excluding carboxylic acids is 2. The average molecular weight is 543 g/mol. The van der Waals surface area contributed by atoms with Crippen LogP contribution in [0.25, 0.3) is 22.2 Å². The normalized spacial score (nSPS) is 10.8. The molecule has 208 valence electrons. The van der Waals surface area contributed by atoms with E-state index in [4.69, 9.17) is 9.72 Å². The van der Waals surface area contributed by atoms with E-state index < -0.39 is 0 Å². The lowest BCUT2D eigenvalue weighted by molar-refractivity contribution is -0.115. The van der Waals surface area contributed by atoms with Gasteiger partial charge in [0.2, 0.25) is 17.8 Å². The predicted molar refractivity (Wildman–Crippen MR) is 160 cm³/mol. The third kappa shape index (κ3) is 6.38. The van der Waals surface area contributed by atoms with E-state index in [1.54, 1.807) is 30.1 Å². The summed E-state index contributed by atoms with van der Waals surface area (Å²) in [7, 11) is 7.56. The molecular formula is C29H34N8O3. The number of nitrogens with zero attached hydrogens (tertiary/aromatic N) is 5. The molecule has 0 radical (unpaired) electrons. The molecule has 2 amide bonds. The smallest absolute Gasteiger partial charge is 0.247 e. The maximum atomic E-state index is 12.3. The summed E-state index contributed by atoms with van der Waals surface area (Å²) in [6, 6.07) is 13.2. The van der Waals surface area contributed by atoms with Crippen molar-refractivity contribution in [3.05, 3.63) is 67.5 Å². The van der Waals surface area contributed by atoms with Gasteiger partial charge in [-0.3, -0.25) is 19.7 Å². The summed E-state index contributed by atoms with van der Waals surface area (Å²) >= 11 is 0. The van der Waals surface area contributed by atoms with Crippen LogP contribution in [0.4, 0.5) is 23.0 Å². The maximum Gasteiger partial charge on any atom is 0.247 e. The van der Waals surface area contributed by atoms with Crippen molar-refractivity contribution in [2.45, 2.75) is 6.92 Å². The highest BCUT2D eigenvalue weighted by molar-refractivity contribution is 6.02. The second-order valence-corrected chi connectivity index (χ2v) is 9.48. The van der Waals surface area contributed by atoms with Crippen LogP contribution in [-0.2, 0) is 9.59 Å². The van der Waals surface area contributed by atoms with Crippen molar-refractivity contribution in [3.8, 4) is 17.0 Å². The number of methoxy groups -OCH3 is 1. The van der Waals surface area contributed by atoms with Crippen molar-refractivity contribution in [3.63, 3.8) is 0 Å². The molecule has 0 aliphatic carbocycles. The molecule has 40 heavy (non-hydrogen) atoms. The molecular weight excluding hydrogens is 508 g/mol. The van der Waals surface area contributed by atoms with Crippen LogP contribution in [0.5, 0.6) is 5.75 Å². The van der Waals surface area contributed by atoms with Gasteiger partial charge in [0.1, 0.15) is 5.75 Å². The fourth-order valence-corrected chi connectivity index (χ4v) is 4.24. The summed E-state index contributed by atoms with van der Waals surface area (Å²) < 4.78 is 7.39. The number of anilines is 4. The number of nitrogens with one attached hydrogen (secondary N) is 3. The minimum absolute atomic E-state index is 0.181. The first kappa shape index (κ1) is 28.1. The van der Waals surface area contributed by atoms with Crippen LogP contribution in [0.15, 0.2) is 67.5 Å². The monoisotopic (exact) mass is 542 g/mol. The summed E-state index contributed by atoms with van der Waals surface area (Å²) in [6.45, 7) is 6.60. The first-order valence-corrected chi connectivity index (χ1v) is 12.7. The lowest BCUT2D eigenvalue weighted by Gasteiger charge is -2.26. The Kier molecular flexibility index (Phi) is 8.65. The highest BCUT2D eigenvalue weighted by atomic mass is 16.5. The van der Waals surface area contributed by atoms with Crippen LogP contribution in [0.1, 0.15) is 6.92 Å². The molecule has 3 N–H and O–H groups in total. The van der Waals surface area contributed by atoms with E-state index in [-0.39, 0.29) is 11.8 Å². The molecule has 4 aromatic rings. The molecule has 0 spiro atoms. The summed E-state index contributed by atoms with van der Waals surface area (Å²) in [5.41, 5.74) is 7.11. The third-order valence-corrected chi connectivity index (χ3v) is 6.22. The summed E-state index contributed by atoms with van der Waals surface area (Å²) in [5, 5.41) is 7.07. The first-order valence-electron chi connectivity index (χ1n) is 12.7. The molecule has 2 aromatic heterocycles. The molecule has 0 aliphatic heterocycles. The molecule has 0 atom stereocenters. The number of aromatic nitrogens is 3. The molecule has 4 rings (SSSR count). The van der Waals surface area contributed by atoms with E-state index in [1.807, 2.05) is 62.6 Å². The Balaban J connectivity index is 1.72. The number of likely N-dealkylation sites (N-methyl/N-ethyl adjacent to an activating group) is 2. The Hall–Kier alpha value is -4.90. The van der Waals surface area contributed by atoms with E-state index in [0.717, 1.165) is 35.2 Å². The van der Waals surface area contributed by atoms with Gasteiger partial charge in [-0.1, -0.05) is 24.8 Å². The Bertz CT molecular complexity index is 1550. The number of fused-ring (bicyclic) bond motifs is 1. The molecule has 11 nitrogen and oxygen atoms in total. The number of para-hydroxylation sites is 1. The molecule has 0 aliphatic rings. The van der Waals surface area contributed by atoms with Gasteiger partial charge in [-0.15, -0.1) is 0 Å². The fraction of sp³-hybridized carbons (Fsp3) is 0.241. The molecule has 2 aromatic carbocycles. The predicted octanol–water partition coefficient (Wildman–Crippen LogP) is 4.06. The molecule has 11 heteroatoms. The van der Waals surface area contributed by atoms with Gasteiger partial charge < -0.3 is 25.2 Å². The fourth-order valence-electron chi connectivity index (χ4n) is 4.24. The molecule has 2 heterocycles.